The number of rotatable bonds is 8. The Morgan fingerprint density at radius 1 is 0.895 bits per heavy atom. The van der Waals surface area contributed by atoms with Gasteiger partial charge in [0.25, 0.3) is 0 Å². The van der Waals surface area contributed by atoms with E-state index in [2.05, 4.69) is 0 Å². The van der Waals surface area contributed by atoms with E-state index in [0.29, 0.717) is 56.5 Å². The lowest BCUT2D eigenvalue weighted by Crippen LogP contribution is -2.10. The lowest BCUT2D eigenvalue weighted by molar-refractivity contribution is 0.0736. The average molecular weight is 523 g/mol. The Morgan fingerprint density at radius 3 is 2.39 bits per heavy atom. The molecule has 0 spiro atoms. The molecule has 0 bridgehead atoms. The van der Waals surface area contributed by atoms with Gasteiger partial charge in [-0.1, -0.05) is 60.1 Å². The first kappa shape index (κ1) is 25.1. The summed E-state index contributed by atoms with van der Waals surface area (Å²) in [5.41, 5.74) is 2.66. The molecule has 0 aliphatic rings. The van der Waals surface area contributed by atoms with E-state index >= 15 is 0 Å². The highest BCUT2D eigenvalue weighted by molar-refractivity contribution is 6.30. The van der Waals surface area contributed by atoms with Crippen molar-refractivity contribution in [1.82, 2.24) is 0 Å². The van der Waals surface area contributed by atoms with Crippen LogP contribution in [0.4, 0.5) is 0 Å². The van der Waals surface area contributed by atoms with Gasteiger partial charge < -0.3 is 13.9 Å². The number of para-hydroxylation sites is 1. The van der Waals surface area contributed by atoms with Gasteiger partial charge >= 0.3 is 5.97 Å². The molecule has 5 nitrogen and oxygen atoms in total. The number of hydrogen-bond donors (Lipinski definition) is 0. The molecule has 0 fully saturated rings. The average Bonchev–Trinajstić information content (AvgIpc) is 3.32. The first-order valence-electron chi connectivity index (χ1n) is 12.1. The molecule has 0 aliphatic heterocycles. The van der Waals surface area contributed by atoms with Crippen molar-refractivity contribution in [2.45, 2.75) is 6.92 Å². The molecule has 0 saturated heterocycles. The zero-order chi connectivity index (χ0) is 26.5. The Kier molecular flexibility index (Phi) is 7.38. The second-order valence-electron chi connectivity index (χ2n) is 8.40. The zero-order valence-electron chi connectivity index (χ0n) is 20.5. The maximum absolute atomic E-state index is 13.7. The quantitative estimate of drug-likeness (QED) is 0.0887. The Morgan fingerprint density at radius 2 is 1.63 bits per heavy atom. The van der Waals surface area contributed by atoms with Gasteiger partial charge in [-0.3, -0.25) is 4.79 Å². The predicted octanol–water partition coefficient (Wildman–Crippen LogP) is 8.27. The van der Waals surface area contributed by atoms with Gasteiger partial charge in [0.05, 0.1) is 6.61 Å². The Balaban J connectivity index is 1.50. The summed E-state index contributed by atoms with van der Waals surface area (Å²) in [6.45, 7) is 2.38. The fourth-order valence-corrected chi connectivity index (χ4v) is 4.19. The van der Waals surface area contributed by atoms with Gasteiger partial charge in [-0.25, -0.2) is 4.79 Å². The third kappa shape index (κ3) is 5.38. The maximum Gasteiger partial charge on any atom is 0.348 e. The molecule has 1 heterocycles. The first-order chi connectivity index (χ1) is 18.5. The first-order valence-corrected chi connectivity index (χ1v) is 12.4. The van der Waals surface area contributed by atoms with Gasteiger partial charge in [-0.05, 0) is 67.6 Å². The van der Waals surface area contributed by atoms with Crippen LogP contribution in [0.5, 0.6) is 11.5 Å². The van der Waals surface area contributed by atoms with Crippen molar-refractivity contribution in [3.63, 3.8) is 0 Å². The standard InChI is InChI=1S/C32H23ClO5/c1-2-36-25-17-19-29-26(20-25)30(31(37-29)23-9-4-3-5-10-23)32(35)38-28-11-7-6-8-22(28)14-18-27(34)21-12-15-24(33)16-13-21/h3-20H,2H2,1H3. The van der Waals surface area contributed by atoms with Crippen LogP contribution in [0.15, 0.2) is 108 Å². The molecule has 5 aromatic rings. The normalized spacial score (nSPS) is 11.1. The van der Waals surface area contributed by atoms with Crippen molar-refractivity contribution >= 4 is 40.4 Å². The van der Waals surface area contributed by atoms with Crippen LogP contribution in [0.25, 0.3) is 28.4 Å². The van der Waals surface area contributed by atoms with E-state index in [0.717, 1.165) is 5.56 Å². The van der Waals surface area contributed by atoms with Crippen LogP contribution >= 0.6 is 11.6 Å². The van der Waals surface area contributed by atoms with Gasteiger partial charge in [0, 0.05) is 27.1 Å². The van der Waals surface area contributed by atoms with Crippen LogP contribution in [-0.2, 0) is 0 Å². The second-order valence-corrected chi connectivity index (χ2v) is 8.83. The molecule has 0 unspecified atom stereocenters. The van der Waals surface area contributed by atoms with Crippen LogP contribution < -0.4 is 9.47 Å². The Hall–Kier alpha value is -4.61. The van der Waals surface area contributed by atoms with E-state index in [9.17, 15) is 9.59 Å². The number of ether oxygens (including phenoxy) is 2. The molecule has 1 aromatic heterocycles. The molecule has 0 atom stereocenters. The molecular weight excluding hydrogens is 500 g/mol. The summed E-state index contributed by atoms with van der Waals surface area (Å²) in [5.74, 6) is 0.565. The zero-order valence-corrected chi connectivity index (χ0v) is 21.3. The minimum absolute atomic E-state index is 0.196. The molecular formula is C32H23ClO5. The van der Waals surface area contributed by atoms with Crippen LogP contribution in [0.1, 0.15) is 33.2 Å². The molecule has 6 heteroatoms. The van der Waals surface area contributed by atoms with E-state index in [1.807, 2.05) is 37.3 Å². The largest absolute Gasteiger partial charge is 0.494 e. The number of allylic oxidation sites excluding steroid dienone is 1. The fraction of sp³-hybridized carbons (Fsp3) is 0.0625. The van der Waals surface area contributed by atoms with Gasteiger partial charge in [0.1, 0.15) is 28.4 Å². The highest BCUT2D eigenvalue weighted by atomic mass is 35.5. The third-order valence-electron chi connectivity index (χ3n) is 5.88. The van der Waals surface area contributed by atoms with Gasteiger partial charge in [-0.15, -0.1) is 0 Å². The van der Waals surface area contributed by atoms with Crippen LogP contribution in [0.3, 0.4) is 0 Å². The molecule has 0 N–H and O–H groups in total. The van der Waals surface area contributed by atoms with E-state index in [-0.39, 0.29) is 5.78 Å². The lowest BCUT2D eigenvalue weighted by Gasteiger charge is -2.09. The number of fused-ring (bicyclic) bond motifs is 1. The molecule has 38 heavy (non-hydrogen) atoms. The second kappa shape index (κ2) is 11.2. The van der Waals surface area contributed by atoms with Crippen molar-refractivity contribution in [2.24, 2.45) is 0 Å². The molecule has 0 amide bonds. The lowest BCUT2D eigenvalue weighted by atomic mass is 10.1. The third-order valence-corrected chi connectivity index (χ3v) is 6.13. The molecule has 4 aromatic carbocycles. The number of carbonyl (C=O) groups is 2. The molecule has 188 valence electrons. The molecule has 0 radical (unpaired) electrons. The van der Waals surface area contributed by atoms with Gasteiger partial charge in [0.15, 0.2) is 5.78 Å². The number of hydrogen-bond acceptors (Lipinski definition) is 5. The summed E-state index contributed by atoms with van der Waals surface area (Å²) in [6.07, 6.45) is 3.06. The molecule has 0 saturated carbocycles. The van der Waals surface area contributed by atoms with Crippen molar-refractivity contribution in [3.8, 4) is 22.8 Å². The SMILES string of the molecule is CCOc1ccc2oc(-c3ccccc3)c(C(=O)Oc3ccccc3C=CC(=O)c3ccc(Cl)cc3)c2c1. The fourth-order valence-electron chi connectivity index (χ4n) is 4.07. The molecule has 5 rings (SSSR count). The smallest absolute Gasteiger partial charge is 0.348 e. The predicted molar refractivity (Wildman–Crippen MR) is 149 cm³/mol. The number of benzene rings is 4. The van der Waals surface area contributed by atoms with E-state index in [4.69, 9.17) is 25.5 Å². The highest BCUT2D eigenvalue weighted by Crippen LogP contribution is 2.36. The summed E-state index contributed by atoms with van der Waals surface area (Å²) in [5, 5.41) is 1.14. The van der Waals surface area contributed by atoms with E-state index in [1.165, 1.54) is 6.08 Å². The minimum Gasteiger partial charge on any atom is -0.494 e. The van der Waals surface area contributed by atoms with Gasteiger partial charge in [-0.2, -0.15) is 0 Å². The summed E-state index contributed by atoms with van der Waals surface area (Å²) in [6, 6.07) is 28.4. The van der Waals surface area contributed by atoms with Crippen molar-refractivity contribution < 1.29 is 23.5 Å². The number of furan rings is 1. The van der Waals surface area contributed by atoms with Crippen molar-refractivity contribution in [2.75, 3.05) is 6.61 Å². The number of carbonyl (C=O) groups excluding carboxylic acids is 2. The maximum atomic E-state index is 13.7. The summed E-state index contributed by atoms with van der Waals surface area (Å²) in [4.78, 5) is 26.3. The van der Waals surface area contributed by atoms with Crippen LogP contribution in [-0.4, -0.2) is 18.4 Å². The summed E-state index contributed by atoms with van der Waals surface area (Å²) in [7, 11) is 0. The topological polar surface area (TPSA) is 65.7 Å². The number of halogens is 1. The summed E-state index contributed by atoms with van der Waals surface area (Å²) < 4.78 is 17.7. The van der Waals surface area contributed by atoms with E-state index < -0.39 is 5.97 Å². The monoisotopic (exact) mass is 522 g/mol. The summed E-state index contributed by atoms with van der Waals surface area (Å²) >= 11 is 5.92. The Bertz CT molecular complexity index is 1630. The van der Waals surface area contributed by atoms with Crippen LogP contribution in [0, 0.1) is 0 Å². The number of ketones is 1. The van der Waals surface area contributed by atoms with E-state index in [1.54, 1.807) is 72.8 Å². The molecule has 0 aliphatic carbocycles. The van der Waals surface area contributed by atoms with Crippen molar-refractivity contribution in [3.05, 3.63) is 125 Å². The van der Waals surface area contributed by atoms with Gasteiger partial charge in [0.2, 0.25) is 0 Å². The van der Waals surface area contributed by atoms with Crippen LogP contribution in [0.2, 0.25) is 5.02 Å². The minimum atomic E-state index is -0.582. The Labute approximate surface area is 224 Å². The number of esters is 1. The highest BCUT2D eigenvalue weighted by Gasteiger charge is 2.25. The van der Waals surface area contributed by atoms with Crippen molar-refractivity contribution in [1.29, 1.82) is 0 Å².